The number of hydrogen-bond acceptors (Lipinski definition) is 4. The standard InChI is InChI=1S/C20H23N3O3/c1-26-20(10-12-21-13-11-20)19(25)23-17-9-5-8-16(14-17)22-18(24)15-6-3-2-4-7-15/h2-9,14,21H,10-13H2,1H3,(H,22,24)(H,23,25). The van der Waals surface area contributed by atoms with Crippen LogP contribution >= 0.6 is 0 Å². The highest BCUT2D eigenvalue weighted by Crippen LogP contribution is 2.25. The van der Waals surface area contributed by atoms with Gasteiger partial charge in [-0.2, -0.15) is 0 Å². The Hall–Kier alpha value is -2.70. The van der Waals surface area contributed by atoms with E-state index >= 15 is 0 Å². The summed E-state index contributed by atoms with van der Waals surface area (Å²) < 4.78 is 5.54. The lowest BCUT2D eigenvalue weighted by Crippen LogP contribution is -2.51. The van der Waals surface area contributed by atoms with Crippen molar-refractivity contribution in [2.45, 2.75) is 18.4 Å². The fourth-order valence-electron chi connectivity index (χ4n) is 3.07. The molecule has 26 heavy (non-hydrogen) atoms. The Balaban J connectivity index is 1.69. The summed E-state index contributed by atoms with van der Waals surface area (Å²) >= 11 is 0. The molecule has 0 radical (unpaired) electrons. The first kappa shape index (κ1) is 18.1. The molecule has 1 aliphatic rings. The minimum absolute atomic E-state index is 0.159. The van der Waals surface area contributed by atoms with Gasteiger partial charge in [-0.05, 0) is 56.3 Å². The number of rotatable bonds is 5. The SMILES string of the molecule is COC1(C(=O)Nc2cccc(NC(=O)c3ccccc3)c2)CCNCC1. The molecule has 2 aromatic carbocycles. The molecule has 2 aromatic rings. The number of nitrogens with one attached hydrogen (secondary N) is 3. The largest absolute Gasteiger partial charge is 0.368 e. The van der Waals surface area contributed by atoms with E-state index in [2.05, 4.69) is 16.0 Å². The number of anilines is 2. The van der Waals surface area contributed by atoms with E-state index in [9.17, 15) is 9.59 Å². The van der Waals surface area contributed by atoms with Crippen LogP contribution in [0, 0.1) is 0 Å². The van der Waals surface area contributed by atoms with Gasteiger partial charge in [-0.3, -0.25) is 9.59 Å². The number of hydrogen-bond donors (Lipinski definition) is 3. The van der Waals surface area contributed by atoms with Crippen LogP contribution in [0.5, 0.6) is 0 Å². The number of amides is 2. The molecule has 6 nitrogen and oxygen atoms in total. The Morgan fingerprint density at radius 2 is 1.62 bits per heavy atom. The van der Waals surface area contributed by atoms with E-state index in [4.69, 9.17) is 4.74 Å². The van der Waals surface area contributed by atoms with Crippen molar-refractivity contribution in [3.63, 3.8) is 0 Å². The van der Waals surface area contributed by atoms with Gasteiger partial charge in [0.15, 0.2) is 0 Å². The van der Waals surface area contributed by atoms with Crippen LogP contribution < -0.4 is 16.0 Å². The molecule has 2 amide bonds. The van der Waals surface area contributed by atoms with E-state index in [1.165, 1.54) is 0 Å². The van der Waals surface area contributed by atoms with Gasteiger partial charge >= 0.3 is 0 Å². The highest BCUT2D eigenvalue weighted by atomic mass is 16.5. The zero-order chi connectivity index (χ0) is 18.4. The van der Waals surface area contributed by atoms with Crippen molar-refractivity contribution < 1.29 is 14.3 Å². The molecule has 136 valence electrons. The smallest absolute Gasteiger partial charge is 0.256 e. The highest BCUT2D eigenvalue weighted by Gasteiger charge is 2.39. The number of carbonyl (C=O) groups is 2. The maximum Gasteiger partial charge on any atom is 0.256 e. The fourth-order valence-corrected chi connectivity index (χ4v) is 3.07. The van der Waals surface area contributed by atoms with Crippen molar-refractivity contribution >= 4 is 23.2 Å². The third-order valence-electron chi connectivity index (χ3n) is 4.63. The quantitative estimate of drug-likeness (QED) is 0.772. The highest BCUT2D eigenvalue weighted by molar-refractivity contribution is 6.05. The summed E-state index contributed by atoms with van der Waals surface area (Å²) in [5.74, 6) is -0.353. The Kier molecular flexibility index (Phi) is 5.65. The van der Waals surface area contributed by atoms with Gasteiger partial charge in [0.2, 0.25) is 0 Å². The molecule has 0 aromatic heterocycles. The van der Waals surface area contributed by atoms with Crippen molar-refractivity contribution in [3.05, 3.63) is 60.2 Å². The van der Waals surface area contributed by atoms with Crippen LogP contribution in [0.15, 0.2) is 54.6 Å². The lowest BCUT2D eigenvalue weighted by Gasteiger charge is -2.34. The first-order chi connectivity index (χ1) is 12.6. The number of benzene rings is 2. The fraction of sp³-hybridized carbons (Fsp3) is 0.300. The van der Waals surface area contributed by atoms with E-state index in [1.54, 1.807) is 43.5 Å². The molecule has 1 saturated heterocycles. The second-order valence-corrected chi connectivity index (χ2v) is 6.30. The number of carbonyl (C=O) groups excluding carboxylic acids is 2. The summed E-state index contributed by atoms with van der Waals surface area (Å²) in [6.45, 7) is 1.49. The maximum absolute atomic E-state index is 12.7. The molecule has 1 fully saturated rings. The molecule has 6 heteroatoms. The number of ether oxygens (including phenoxy) is 1. The summed E-state index contributed by atoms with van der Waals surface area (Å²) in [6, 6.07) is 16.1. The van der Waals surface area contributed by atoms with Crippen molar-refractivity contribution in [3.8, 4) is 0 Å². The molecule has 0 unspecified atom stereocenters. The topological polar surface area (TPSA) is 79.5 Å². The summed E-state index contributed by atoms with van der Waals surface area (Å²) in [7, 11) is 1.57. The predicted octanol–water partition coefficient (Wildman–Crippen LogP) is 2.65. The van der Waals surface area contributed by atoms with E-state index < -0.39 is 5.60 Å². The zero-order valence-corrected chi connectivity index (χ0v) is 14.7. The maximum atomic E-state index is 12.7. The molecule has 0 atom stereocenters. The predicted molar refractivity (Wildman–Crippen MR) is 101 cm³/mol. The van der Waals surface area contributed by atoms with Crippen molar-refractivity contribution in [2.75, 3.05) is 30.8 Å². The van der Waals surface area contributed by atoms with Crippen LogP contribution in [-0.4, -0.2) is 37.6 Å². The van der Waals surface area contributed by atoms with Gasteiger partial charge < -0.3 is 20.7 Å². The van der Waals surface area contributed by atoms with Crippen LogP contribution in [-0.2, 0) is 9.53 Å². The molecule has 0 spiro atoms. The van der Waals surface area contributed by atoms with E-state index in [0.717, 1.165) is 13.1 Å². The van der Waals surface area contributed by atoms with Crippen LogP contribution in [0.2, 0.25) is 0 Å². The van der Waals surface area contributed by atoms with Gasteiger partial charge in [-0.1, -0.05) is 24.3 Å². The second-order valence-electron chi connectivity index (χ2n) is 6.30. The Labute approximate surface area is 152 Å². The third kappa shape index (κ3) is 4.09. The zero-order valence-electron chi connectivity index (χ0n) is 14.7. The van der Waals surface area contributed by atoms with E-state index in [-0.39, 0.29) is 11.8 Å². The summed E-state index contributed by atoms with van der Waals surface area (Å²) in [6.07, 6.45) is 1.25. The Bertz CT molecular complexity index is 771. The normalized spacial score (nSPS) is 15.9. The van der Waals surface area contributed by atoms with E-state index in [1.807, 2.05) is 18.2 Å². The molecule has 0 aliphatic carbocycles. The van der Waals surface area contributed by atoms with Crippen molar-refractivity contribution in [1.82, 2.24) is 5.32 Å². The molecular weight excluding hydrogens is 330 g/mol. The molecule has 0 saturated carbocycles. The summed E-state index contributed by atoms with van der Waals surface area (Å²) in [4.78, 5) is 25.0. The molecule has 1 aliphatic heterocycles. The minimum atomic E-state index is -0.811. The Morgan fingerprint density at radius 1 is 0.962 bits per heavy atom. The average molecular weight is 353 g/mol. The van der Waals surface area contributed by atoms with Gasteiger partial charge in [-0.15, -0.1) is 0 Å². The van der Waals surface area contributed by atoms with Crippen LogP contribution in [0.3, 0.4) is 0 Å². The first-order valence-electron chi connectivity index (χ1n) is 8.67. The van der Waals surface area contributed by atoms with Gasteiger partial charge in [0.25, 0.3) is 11.8 Å². The minimum Gasteiger partial charge on any atom is -0.368 e. The number of piperidine rings is 1. The van der Waals surface area contributed by atoms with Crippen LogP contribution in [0.4, 0.5) is 11.4 Å². The second kappa shape index (κ2) is 8.12. The summed E-state index contributed by atoms with van der Waals surface area (Å²) in [5, 5.41) is 8.99. The molecule has 3 N–H and O–H groups in total. The van der Waals surface area contributed by atoms with Gasteiger partial charge in [0.1, 0.15) is 5.60 Å². The third-order valence-corrected chi connectivity index (χ3v) is 4.63. The number of methoxy groups -OCH3 is 1. The lowest BCUT2D eigenvalue weighted by atomic mass is 9.91. The van der Waals surface area contributed by atoms with Crippen molar-refractivity contribution in [2.24, 2.45) is 0 Å². The molecular formula is C20H23N3O3. The lowest BCUT2D eigenvalue weighted by molar-refractivity contribution is -0.140. The molecule has 1 heterocycles. The summed E-state index contributed by atoms with van der Waals surface area (Å²) in [5.41, 5.74) is 1.01. The first-order valence-corrected chi connectivity index (χ1v) is 8.67. The van der Waals surface area contributed by atoms with Gasteiger partial charge in [0.05, 0.1) is 0 Å². The van der Waals surface area contributed by atoms with Crippen molar-refractivity contribution in [1.29, 1.82) is 0 Å². The molecule has 0 bridgehead atoms. The monoisotopic (exact) mass is 353 g/mol. The molecule has 3 rings (SSSR count). The average Bonchev–Trinajstić information content (AvgIpc) is 2.69. The Morgan fingerprint density at radius 3 is 2.27 bits per heavy atom. The van der Waals surface area contributed by atoms with E-state index in [0.29, 0.717) is 29.8 Å². The van der Waals surface area contributed by atoms with Crippen LogP contribution in [0.1, 0.15) is 23.2 Å². The van der Waals surface area contributed by atoms with Gasteiger partial charge in [-0.25, -0.2) is 0 Å². The van der Waals surface area contributed by atoms with Crippen LogP contribution in [0.25, 0.3) is 0 Å². The van der Waals surface area contributed by atoms with Gasteiger partial charge in [0, 0.05) is 24.0 Å².